The van der Waals surface area contributed by atoms with Crippen LogP contribution in [0, 0.1) is 0 Å². The van der Waals surface area contributed by atoms with E-state index in [9.17, 15) is 4.79 Å². The molecule has 0 radical (unpaired) electrons. The van der Waals surface area contributed by atoms with Crippen LogP contribution in [0.25, 0.3) is 0 Å². The zero-order chi connectivity index (χ0) is 12.4. The highest BCUT2D eigenvalue weighted by Gasteiger charge is 2.38. The van der Waals surface area contributed by atoms with Crippen molar-refractivity contribution >= 4 is 14.8 Å². The van der Waals surface area contributed by atoms with Gasteiger partial charge in [0.1, 0.15) is 12.8 Å². The van der Waals surface area contributed by atoms with Gasteiger partial charge in [-0.25, -0.2) is 4.79 Å². The molecule has 0 atom stereocenters. The molecule has 0 fully saturated rings. The van der Waals surface area contributed by atoms with E-state index in [-0.39, 0.29) is 19.4 Å². The number of carbonyl (C=O) groups excluding carboxylic acids is 1. The van der Waals surface area contributed by atoms with Crippen LogP contribution in [0.5, 0.6) is 0 Å². The highest BCUT2D eigenvalue weighted by Crippen LogP contribution is 2.05. The lowest BCUT2D eigenvalue weighted by atomic mass is 10.6. The van der Waals surface area contributed by atoms with Crippen molar-refractivity contribution in [1.29, 1.82) is 0 Å². The van der Waals surface area contributed by atoms with Gasteiger partial charge in [0.05, 0.1) is 6.61 Å². The second-order valence-corrected chi connectivity index (χ2v) is 5.60. The van der Waals surface area contributed by atoms with E-state index in [1.165, 1.54) is 21.3 Å². The molecular formula is C9H18O6Si. The summed E-state index contributed by atoms with van der Waals surface area (Å²) < 4.78 is 25.4. The van der Waals surface area contributed by atoms with Crippen molar-refractivity contribution in [1.82, 2.24) is 0 Å². The average molecular weight is 250 g/mol. The highest BCUT2D eigenvalue weighted by molar-refractivity contribution is 6.60. The Labute approximate surface area is 96.4 Å². The third-order valence-electron chi connectivity index (χ3n) is 1.85. The predicted octanol–water partition coefficient (Wildman–Crippen LogP) is 0.149. The van der Waals surface area contributed by atoms with Crippen molar-refractivity contribution in [3.63, 3.8) is 0 Å². The fraction of sp³-hybridized carbons (Fsp3) is 0.667. The van der Waals surface area contributed by atoms with Gasteiger partial charge in [-0.3, -0.25) is 0 Å². The number of esters is 1. The van der Waals surface area contributed by atoms with Gasteiger partial charge in [-0.15, -0.1) is 0 Å². The van der Waals surface area contributed by atoms with Gasteiger partial charge in [-0.05, 0) is 0 Å². The Morgan fingerprint density at radius 2 is 1.75 bits per heavy atom. The number of hydrogen-bond acceptors (Lipinski definition) is 6. The number of hydrogen-bond donors (Lipinski definition) is 0. The molecule has 0 bridgehead atoms. The molecule has 0 aliphatic rings. The molecule has 0 heterocycles. The molecule has 0 aliphatic carbocycles. The molecule has 0 N–H and O–H groups in total. The molecule has 0 aromatic carbocycles. The van der Waals surface area contributed by atoms with Gasteiger partial charge in [-0.2, -0.15) is 0 Å². The van der Waals surface area contributed by atoms with Gasteiger partial charge >= 0.3 is 14.8 Å². The molecule has 0 amide bonds. The molecule has 0 spiro atoms. The number of ether oxygens (including phenoxy) is 2. The summed E-state index contributed by atoms with van der Waals surface area (Å²) in [5.74, 6) is -0.475. The Morgan fingerprint density at radius 3 is 2.19 bits per heavy atom. The second kappa shape index (κ2) is 8.42. The normalized spacial score (nSPS) is 11.2. The van der Waals surface area contributed by atoms with Gasteiger partial charge in [-0.1, -0.05) is 6.58 Å². The predicted molar refractivity (Wildman–Crippen MR) is 58.8 cm³/mol. The molecular weight excluding hydrogens is 232 g/mol. The smallest absolute Gasteiger partial charge is 0.460 e. The van der Waals surface area contributed by atoms with Crippen LogP contribution >= 0.6 is 0 Å². The van der Waals surface area contributed by atoms with Crippen LogP contribution in [0.4, 0.5) is 0 Å². The van der Waals surface area contributed by atoms with E-state index < -0.39 is 14.8 Å². The lowest BCUT2D eigenvalue weighted by Gasteiger charge is -2.23. The molecule has 6 nitrogen and oxygen atoms in total. The van der Waals surface area contributed by atoms with Crippen LogP contribution in [0.1, 0.15) is 0 Å². The fourth-order valence-corrected chi connectivity index (χ4v) is 2.13. The molecule has 94 valence electrons. The van der Waals surface area contributed by atoms with Crippen molar-refractivity contribution in [2.45, 2.75) is 0 Å². The van der Waals surface area contributed by atoms with Crippen molar-refractivity contribution in [3.05, 3.63) is 12.7 Å². The molecule has 0 saturated carbocycles. The summed E-state index contributed by atoms with van der Waals surface area (Å²) in [6.07, 6.45) is 1.31. The van der Waals surface area contributed by atoms with Gasteiger partial charge in [0, 0.05) is 27.4 Å². The topological polar surface area (TPSA) is 63.2 Å². The quantitative estimate of drug-likeness (QED) is 0.251. The Balaban J connectivity index is 3.71. The minimum atomic E-state index is -2.69. The summed E-state index contributed by atoms with van der Waals surface area (Å²) in [6, 6.07) is 0. The van der Waals surface area contributed by atoms with Crippen LogP contribution in [-0.4, -0.2) is 55.5 Å². The van der Waals surface area contributed by atoms with E-state index in [0.717, 1.165) is 6.08 Å². The van der Waals surface area contributed by atoms with Crippen LogP contribution in [0.3, 0.4) is 0 Å². The van der Waals surface area contributed by atoms with E-state index in [1.54, 1.807) is 0 Å². The lowest BCUT2D eigenvalue weighted by molar-refractivity contribution is -0.139. The third kappa shape index (κ3) is 5.38. The Kier molecular flexibility index (Phi) is 8.04. The SMILES string of the molecule is C=CC(=O)OCCOC[Si](OC)(OC)OC. The Bertz CT molecular complexity index is 208. The van der Waals surface area contributed by atoms with E-state index in [4.69, 9.17) is 22.8 Å². The van der Waals surface area contributed by atoms with Gasteiger partial charge in [0.2, 0.25) is 0 Å². The van der Waals surface area contributed by atoms with Crippen LogP contribution in [-0.2, 0) is 27.5 Å². The number of carbonyl (C=O) groups is 1. The summed E-state index contributed by atoms with van der Waals surface area (Å²) in [6.45, 7) is 3.68. The van der Waals surface area contributed by atoms with Gasteiger partial charge in [0.25, 0.3) is 0 Å². The van der Waals surface area contributed by atoms with Crippen molar-refractivity contribution in [2.75, 3.05) is 40.8 Å². The van der Waals surface area contributed by atoms with E-state index >= 15 is 0 Å². The van der Waals surface area contributed by atoms with E-state index in [0.29, 0.717) is 0 Å². The zero-order valence-electron chi connectivity index (χ0n) is 9.86. The average Bonchev–Trinajstić information content (AvgIpc) is 2.34. The lowest BCUT2D eigenvalue weighted by Crippen LogP contribution is -2.48. The minimum absolute atomic E-state index is 0.159. The maximum Gasteiger partial charge on any atom is 0.527 e. The first kappa shape index (κ1) is 15.3. The van der Waals surface area contributed by atoms with Crippen LogP contribution < -0.4 is 0 Å². The fourth-order valence-electron chi connectivity index (χ4n) is 0.884. The summed E-state index contributed by atoms with van der Waals surface area (Å²) in [5, 5.41) is 0. The van der Waals surface area contributed by atoms with Crippen molar-refractivity contribution in [3.8, 4) is 0 Å². The highest BCUT2D eigenvalue weighted by atomic mass is 28.4. The monoisotopic (exact) mass is 250 g/mol. The first-order valence-electron chi connectivity index (χ1n) is 4.66. The van der Waals surface area contributed by atoms with Crippen molar-refractivity contribution < 1.29 is 27.5 Å². The third-order valence-corrected chi connectivity index (χ3v) is 4.27. The number of rotatable bonds is 9. The summed E-state index contributed by atoms with van der Waals surface area (Å²) in [5.41, 5.74) is 0. The van der Waals surface area contributed by atoms with Crippen LogP contribution in [0.15, 0.2) is 12.7 Å². The molecule has 0 rings (SSSR count). The molecule has 7 heteroatoms. The van der Waals surface area contributed by atoms with E-state index in [2.05, 4.69) is 6.58 Å². The van der Waals surface area contributed by atoms with Crippen molar-refractivity contribution in [2.24, 2.45) is 0 Å². The maximum atomic E-state index is 10.7. The zero-order valence-corrected chi connectivity index (χ0v) is 10.9. The van der Waals surface area contributed by atoms with Crippen LogP contribution in [0.2, 0.25) is 0 Å². The largest absolute Gasteiger partial charge is 0.527 e. The van der Waals surface area contributed by atoms with Gasteiger partial charge < -0.3 is 22.8 Å². The molecule has 0 aromatic rings. The molecule has 0 aliphatic heterocycles. The van der Waals surface area contributed by atoms with E-state index in [1.807, 2.05) is 0 Å². The molecule has 0 unspecified atom stereocenters. The standard InChI is InChI=1S/C9H18O6Si/c1-5-9(10)15-7-6-14-8-16(11-2,12-3)13-4/h5H,1,6-8H2,2-4H3. The van der Waals surface area contributed by atoms with Gasteiger partial charge in [0.15, 0.2) is 0 Å². The molecule has 16 heavy (non-hydrogen) atoms. The second-order valence-electron chi connectivity index (χ2n) is 2.72. The summed E-state index contributed by atoms with van der Waals surface area (Å²) in [4.78, 5) is 10.7. The first-order valence-corrected chi connectivity index (χ1v) is 6.59. The summed E-state index contributed by atoms with van der Waals surface area (Å²) >= 11 is 0. The summed E-state index contributed by atoms with van der Waals surface area (Å²) in [7, 11) is 1.82. The molecule has 0 aromatic heterocycles. The molecule has 0 saturated heterocycles. The first-order chi connectivity index (χ1) is 7.64. The minimum Gasteiger partial charge on any atom is -0.460 e. The Morgan fingerprint density at radius 1 is 1.19 bits per heavy atom. The maximum absolute atomic E-state index is 10.7. The Hall–Kier alpha value is -0.733.